The van der Waals surface area contributed by atoms with Crippen LogP contribution in [0.4, 0.5) is 0 Å². The summed E-state index contributed by atoms with van der Waals surface area (Å²) < 4.78 is 0. The van der Waals surface area contributed by atoms with Crippen molar-refractivity contribution in [2.45, 2.75) is 38.5 Å². The van der Waals surface area contributed by atoms with Gasteiger partial charge in [0.2, 0.25) is 0 Å². The second-order valence-electron chi connectivity index (χ2n) is 4.36. The Morgan fingerprint density at radius 2 is 1.79 bits per heavy atom. The summed E-state index contributed by atoms with van der Waals surface area (Å²) in [5, 5.41) is 0. The summed E-state index contributed by atoms with van der Waals surface area (Å²) in [5.74, 6) is 0.548. The summed E-state index contributed by atoms with van der Waals surface area (Å²) in [6.45, 7) is 6.41. The van der Waals surface area contributed by atoms with Crippen molar-refractivity contribution in [2.75, 3.05) is 0 Å². The summed E-state index contributed by atoms with van der Waals surface area (Å²) in [4.78, 5) is -0.107. The molecule has 0 bridgehead atoms. The molecule has 1 aromatic rings. The van der Waals surface area contributed by atoms with Gasteiger partial charge in [-0.2, -0.15) is 0 Å². The van der Waals surface area contributed by atoms with Gasteiger partial charge < -0.3 is 0 Å². The quantitative estimate of drug-likeness (QED) is 0.651. The van der Waals surface area contributed by atoms with Crippen LogP contribution >= 0.6 is 11.6 Å². The standard InChI is InChI=1S/C13H19Cl/c1-4-12(13(2,3)14)10-11-8-6-5-7-9-11/h5-9,12H,4,10H2,1-3H3. The Morgan fingerprint density at radius 1 is 1.21 bits per heavy atom. The molecule has 0 aliphatic rings. The molecule has 78 valence electrons. The van der Waals surface area contributed by atoms with E-state index >= 15 is 0 Å². The first-order valence-corrected chi connectivity index (χ1v) is 5.64. The predicted molar refractivity (Wildman–Crippen MR) is 63.9 cm³/mol. The molecule has 0 fully saturated rings. The normalized spacial score (nSPS) is 14.0. The lowest BCUT2D eigenvalue weighted by atomic mass is 9.86. The highest BCUT2D eigenvalue weighted by atomic mass is 35.5. The fraction of sp³-hybridized carbons (Fsp3) is 0.538. The van der Waals surface area contributed by atoms with Crippen LogP contribution in [0.5, 0.6) is 0 Å². The lowest BCUT2D eigenvalue weighted by Gasteiger charge is -2.27. The molecule has 1 unspecified atom stereocenters. The van der Waals surface area contributed by atoms with Gasteiger partial charge in [-0.05, 0) is 31.7 Å². The highest BCUT2D eigenvalue weighted by molar-refractivity contribution is 6.23. The fourth-order valence-corrected chi connectivity index (χ4v) is 2.00. The van der Waals surface area contributed by atoms with E-state index in [1.54, 1.807) is 0 Å². The number of benzene rings is 1. The van der Waals surface area contributed by atoms with Crippen molar-refractivity contribution >= 4 is 11.6 Å². The van der Waals surface area contributed by atoms with E-state index in [-0.39, 0.29) is 4.87 Å². The van der Waals surface area contributed by atoms with Crippen molar-refractivity contribution in [1.29, 1.82) is 0 Å². The van der Waals surface area contributed by atoms with Gasteiger partial charge in [-0.15, -0.1) is 11.6 Å². The Morgan fingerprint density at radius 3 is 2.21 bits per heavy atom. The van der Waals surface area contributed by atoms with Gasteiger partial charge in [0.05, 0.1) is 0 Å². The van der Waals surface area contributed by atoms with Crippen molar-refractivity contribution < 1.29 is 0 Å². The molecule has 1 heteroatoms. The molecule has 0 aromatic heterocycles. The average molecular weight is 211 g/mol. The third kappa shape index (κ3) is 3.34. The minimum atomic E-state index is -0.107. The van der Waals surface area contributed by atoms with Crippen molar-refractivity contribution in [1.82, 2.24) is 0 Å². The van der Waals surface area contributed by atoms with Gasteiger partial charge in [-0.25, -0.2) is 0 Å². The van der Waals surface area contributed by atoms with Crippen molar-refractivity contribution in [3.63, 3.8) is 0 Å². The van der Waals surface area contributed by atoms with E-state index in [2.05, 4.69) is 51.1 Å². The zero-order chi connectivity index (χ0) is 10.6. The monoisotopic (exact) mass is 210 g/mol. The van der Waals surface area contributed by atoms with Gasteiger partial charge in [-0.1, -0.05) is 43.7 Å². The van der Waals surface area contributed by atoms with Crippen molar-refractivity contribution in [3.8, 4) is 0 Å². The van der Waals surface area contributed by atoms with Crippen molar-refractivity contribution in [3.05, 3.63) is 35.9 Å². The van der Waals surface area contributed by atoms with Gasteiger partial charge >= 0.3 is 0 Å². The maximum atomic E-state index is 6.35. The lowest BCUT2D eigenvalue weighted by molar-refractivity contribution is 0.400. The van der Waals surface area contributed by atoms with Crippen LogP contribution in [0, 0.1) is 5.92 Å². The highest BCUT2D eigenvalue weighted by Gasteiger charge is 2.25. The van der Waals surface area contributed by atoms with Gasteiger partial charge in [0, 0.05) is 4.87 Å². The molecule has 0 heterocycles. The van der Waals surface area contributed by atoms with Crippen LogP contribution in [0.25, 0.3) is 0 Å². The maximum Gasteiger partial charge on any atom is 0.0421 e. The van der Waals surface area contributed by atoms with Crippen LogP contribution in [0.3, 0.4) is 0 Å². The predicted octanol–water partition coefficient (Wildman–Crippen LogP) is 4.27. The van der Waals surface area contributed by atoms with Crippen LogP contribution in [-0.2, 0) is 6.42 Å². The highest BCUT2D eigenvalue weighted by Crippen LogP contribution is 2.29. The zero-order valence-corrected chi connectivity index (χ0v) is 10.0. The summed E-state index contributed by atoms with van der Waals surface area (Å²) in [6.07, 6.45) is 2.21. The van der Waals surface area contributed by atoms with E-state index in [1.807, 2.05) is 0 Å². The molecule has 0 saturated carbocycles. The van der Waals surface area contributed by atoms with Crippen molar-refractivity contribution in [2.24, 2.45) is 5.92 Å². The third-order valence-corrected chi connectivity index (χ3v) is 3.10. The summed E-state index contributed by atoms with van der Waals surface area (Å²) >= 11 is 6.35. The minimum absolute atomic E-state index is 0.107. The Bertz CT molecular complexity index is 258. The summed E-state index contributed by atoms with van der Waals surface area (Å²) in [5.41, 5.74) is 1.38. The number of halogens is 1. The van der Waals surface area contributed by atoms with Crippen LogP contribution in [0.15, 0.2) is 30.3 Å². The van der Waals surface area contributed by atoms with E-state index in [0.29, 0.717) is 5.92 Å². The number of rotatable bonds is 4. The number of alkyl halides is 1. The molecule has 0 saturated heterocycles. The van der Waals surface area contributed by atoms with Gasteiger partial charge in [-0.3, -0.25) is 0 Å². The smallest absolute Gasteiger partial charge is 0.0421 e. The lowest BCUT2D eigenvalue weighted by Crippen LogP contribution is -2.25. The van der Waals surface area contributed by atoms with Gasteiger partial charge in [0.25, 0.3) is 0 Å². The van der Waals surface area contributed by atoms with Gasteiger partial charge in [0.1, 0.15) is 0 Å². The van der Waals surface area contributed by atoms with E-state index in [4.69, 9.17) is 11.6 Å². The first kappa shape index (κ1) is 11.6. The SMILES string of the molecule is CCC(Cc1ccccc1)C(C)(C)Cl. The van der Waals surface area contributed by atoms with Crippen LogP contribution in [0.1, 0.15) is 32.8 Å². The van der Waals surface area contributed by atoms with E-state index in [1.165, 1.54) is 5.56 Å². The van der Waals surface area contributed by atoms with Crippen LogP contribution < -0.4 is 0 Å². The molecule has 0 aliphatic carbocycles. The van der Waals surface area contributed by atoms with Gasteiger partial charge in [0.15, 0.2) is 0 Å². The Labute approximate surface area is 92.3 Å². The molecular weight excluding hydrogens is 192 g/mol. The summed E-state index contributed by atoms with van der Waals surface area (Å²) in [6, 6.07) is 10.6. The first-order chi connectivity index (χ1) is 6.54. The molecule has 1 atom stereocenters. The Balaban J connectivity index is 2.67. The second-order valence-corrected chi connectivity index (χ2v) is 5.33. The van der Waals surface area contributed by atoms with Crippen LogP contribution in [-0.4, -0.2) is 4.87 Å². The molecule has 1 rings (SSSR count). The number of hydrogen-bond acceptors (Lipinski definition) is 0. The molecule has 0 amide bonds. The molecule has 0 spiro atoms. The van der Waals surface area contributed by atoms with E-state index in [0.717, 1.165) is 12.8 Å². The first-order valence-electron chi connectivity index (χ1n) is 5.27. The maximum absolute atomic E-state index is 6.35. The second kappa shape index (κ2) is 4.84. The molecule has 0 radical (unpaired) electrons. The Kier molecular flexibility index (Phi) is 4.00. The molecule has 0 nitrogen and oxygen atoms in total. The molecule has 1 aromatic carbocycles. The molecular formula is C13H19Cl. The van der Waals surface area contributed by atoms with E-state index < -0.39 is 0 Å². The molecule has 0 aliphatic heterocycles. The van der Waals surface area contributed by atoms with Crippen LogP contribution in [0.2, 0.25) is 0 Å². The Hall–Kier alpha value is -0.490. The average Bonchev–Trinajstić information content (AvgIpc) is 2.14. The van der Waals surface area contributed by atoms with E-state index in [9.17, 15) is 0 Å². The minimum Gasteiger partial charge on any atom is -0.120 e. The largest absolute Gasteiger partial charge is 0.120 e. The molecule has 0 N–H and O–H groups in total. The number of hydrogen-bond donors (Lipinski definition) is 0. The molecule has 14 heavy (non-hydrogen) atoms. The fourth-order valence-electron chi connectivity index (χ4n) is 1.77. The third-order valence-electron chi connectivity index (χ3n) is 2.79. The zero-order valence-electron chi connectivity index (χ0n) is 9.26. The summed E-state index contributed by atoms with van der Waals surface area (Å²) in [7, 11) is 0. The topological polar surface area (TPSA) is 0 Å².